The summed E-state index contributed by atoms with van der Waals surface area (Å²) in [5.41, 5.74) is 1.59. The van der Waals surface area contributed by atoms with Gasteiger partial charge in [0.1, 0.15) is 11.2 Å². The number of hydrogen-bond acceptors (Lipinski definition) is 4. The lowest BCUT2D eigenvalue weighted by atomic mass is 10.2. The molecule has 0 radical (unpaired) electrons. The van der Waals surface area contributed by atoms with Gasteiger partial charge in [-0.2, -0.15) is 0 Å². The molecule has 23 heavy (non-hydrogen) atoms. The summed E-state index contributed by atoms with van der Waals surface area (Å²) in [6, 6.07) is 4.17. The van der Waals surface area contributed by atoms with Crippen LogP contribution < -0.4 is 10.6 Å². The van der Waals surface area contributed by atoms with E-state index in [1.165, 1.54) is 5.56 Å². The Hall–Kier alpha value is -2.08. The molecule has 0 saturated carbocycles. The Balaban J connectivity index is 1.84. The molecule has 2 aromatic heterocycles. The van der Waals surface area contributed by atoms with E-state index in [0.29, 0.717) is 6.54 Å². The Morgan fingerprint density at radius 2 is 2.22 bits per heavy atom. The van der Waals surface area contributed by atoms with Crippen LogP contribution in [0.1, 0.15) is 39.7 Å². The lowest BCUT2D eigenvalue weighted by Gasteiger charge is -2.22. The first-order chi connectivity index (χ1) is 10.9. The normalized spacial score (nSPS) is 13.0. The van der Waals surface area contributed by atoms with Crippen molar-refractivity contribution >= 4 is 17.1 Å². The number of aromatic nitrogens is 2. The van der Waals surface area contributed by atoms with Gasteiger partial charge in [-0.05, 0) is 44.9 Å². The van der Waals surface area contributed by atoms with Gasteiger partial charge in [0.25, 0.3) is 0 Å². The number of pyridine rings is 1. The largest absolute Gasteiger partial charge is 0.444 e. The molecule has 3 N–H and O–H groups in total. The Kier molecular flexibility index (Phi) is 5.60. The molecule has 2 rings (SSSR count). The van der Waals surface area contributed by atoms with Crippen molar-refractivity contribution in [3.63, 3.8) is 0 Å². The van der Waals surface area contributed by atoms with E-state index in [1.807, 2.05) is 33.0 Å². The number of rotatable bonds is 6. The highest BCUT2D eigenvalue weighted by Crippen LogP contribution is 2.15. The predicted octanol–water partition coefficient (Wildman–Crippen LogP) is 2.96. The van der Waals surface area contributed by atoms with Crippen LogP contribution in [0.25, 0.3) is 11.0 Å². The summed E-state index contributed by atoms with van der Waals surface area (Å²) in [7, 11) is 0. The molecule has 2 aromatic rings. The second-order valence-electron chi connectivity index (χ2n) is 6.58. The van der Waals surface area contributed by atoms with Crippen LogP contribution in [0.5, 0.6) is 0 Å². The standard InChI is InChI=1S/C17H26N4O2/c1-5-13(11-21-16(22)23-17(2,3)4)19-9-12-10-20-15-14(12)7-6-8-18-15/h6-8,10,13,19H,5,9,11H2,1-4H3,(H,18,20)(H,21,22). The van der Waals surface area contributed by atoms with E-state index >= 15 is 0 Å². The lowest BCUT2D eigenvalue weighted by Crippen LogP contribution is -2.42. The Morgan fingerprint density at radius 3 is 2.91 bits per heavy atom. The van der Waals surface area contributed by atoms with Gasteiger partial charge in [-0.3, -0.25) is 0 Å². The summed E-state index contributed by atoms with van der Waals surface area (Å²) in [5, 5.41) is 7.40. The average molecular weight is 318 g/mol. The first-order valence-corrected chi connectivity index (χ1v) is 8.00. The summed E-state index contributed by atoms with van der Waals surface area (Å²) < 4.78 is 5.25. The van der Waals surface area contributed by atoms with E-state index in [4.69, 9.17) is 4.74 Å². The van der Waals surface area contributed by atoms with Crippen LogP contribution in [-0.4, -0.2) is 34.2 Å². The number of nitrogens with zero attached hydrogens (tertiary/aromatic N) is 1. The number of aromatic amines is 1. The van der Waals surface area contributed by atoms with Gasteiger partial charge >= 0.3 is 6.09 Å². The summed E-state index contributed by atoms with van der Waals surface area (Å²) in [6.07, 6.45) is 4.28. The highest BCUT2D eigenvalue weighted by molar-refractivity contribution is 5.79. The Morgan fingerprint density at radius 1 is 1.43 bits per heavy atom. The first kappa shape index (κ1) is 17.3. The maximum Gasteiger partial charge on any atom is 0.407 e. The second kappa shape index (κ2) is 7.46. The minimum atomic E-state index is -0.476. The first-order valence-electron chi connectivity index (χ1n) is 8.00. The predicted molar refractivity (Wildman–Crippen MR) is 91.2 cm³/mol. The van der Waals surface area contributed by atoms with Crippen molar-refractivity contribution in [1.82, 2.24) is 20.6 Å². The third-order valence-corrected chi connectivity index (χ3v) is 3.50. The van der Waals surface area contributed by atoms with Crippen LogP contribution >= 0.6 is 0 Å². The van der Waals surface area contributed by atoms with E-state index in [9.17, 15) is 4.79 Å². The molecule has 0 aromatic carbocycles. The topological polar surface area (TPSA) is 79.0 Å². The molecule has 0 aliphatic heterocycles. The number of carbonyl (C=O) groups is 1. The zero-order valence-electron chi connectivity index (χ0n) is 14.3. The molecule has 1 unspecified atom stereocenters. The molecule has 2 heterocycles. The van der Waals surface area contributed by atoms with Crippen LogP contribution in [-0.2, 0) is 11.3 Å². The van der Waals surface area contributed by atoms with E-state index < -0.39 is 5.60 Å². The molecule has 6 heteroatoms. The molecular formula is C17H26N4O2. The van der Waals surface area contributed by atoms with E-state index in [2.05, 4.69) is 33.6 Å². The maximum atomic E-state index is 11.7. The summed E-state index contributed by atoms with van der Waals surface area (Å²) in [6.45, 7) is 8.91. The number of amides is 1. The monoisotopic (exact) mass is 318 g/mol. The smallest absolute Gasteiger partial charge is 0.407 e. The molecule has 0 fully saturated rings. The fraction of sp³-hybridized carbons (Fsp3) is 0.529. The highest BCUT2D eigenvalue weighted by Gasteiger charge is 2.17. The Bertz CT molecular complexity index is 645. The third kappa shape index (κ3) is 5.25. The number of alkyl carbamates (subject to hydrolysis) is 1. The third-order valence-electron chi connectivity index (χ3n) is 3.50. The van der Waals surface area contributed by atoms with Crippen LogP contribution in [0.3, 0.4) is 0 Å². The van der Waals surface area contributed by atoms with Gasteiger partial charge in [0, 0.05) is 36.9 Å². The van der Waals surface area contributed by atoms with Gasteiger partial charge in [-0.15, -0.1) is 0 Å². The number of H-pyrrole nitrogens is 1. The molecule has 6 nitrogen and oxygen atoms in total. The molecule has 0 spiro atoms. The van der Waals surface area contributed by atoms with Gasteiger partial charge in [-0.25, -0.2) is 9.78 Å². The van der Waals surface area contributed by atoms with Crippen molar-refractivity contribution in [1.29, 1.82) is 0 Å². The van der Waals surface area contributed by atoms with E-state index in [1.54, 1.807) is 6.20 Å². The van der Waals surface area contributed by atoms with E-state index in [0.717, 1.165) is 24.0 Å². The molecule has 0 aliphatic rings. The molecule has 126 valence electrons. The number of hydrogen-bond donors (Lipinski definition) is 3. The Labute approximate surface area is 137 Å². The zero-order chi connectivity index (χ0) is 16.9. The van der Waals surface area contributed by atoms with Crippen molar-refractivity contribution in [2.75, 3.05) is 6.54 Å². The zero-order valence-corrected chi connectivity index (χ0v) is 14.3. The maximum absolute atomic E-state index is 11.7. The molecule has 0 bridgehead atoms. The fourth-order valence-corrected chi connectivity index (χ4v) is 2.29. The van der Waals surface area contributed by atoms with Crippen molar-refractivity contribution in [3.05, 3.63) is 30.1 Å². The minimum absolute atomic E-state index is 0.184. The average Bonchev–Trinajstić information content (AvgIpc) is 2.89. The molecule has 1 atom stereocenters. The molecule has 0 aliphatic carbocycles. The fourth-order valence-electron chi connectivity index (χ4n) is 2.29. The lowest BCUT2D eigenvalue weighted by molar-refractivity contribution is 0.0522. The number of nitrogens with one attached hydrogen (secondary N) is 3. The minimum Gasteiger partial charge on any atom is -0.444 e. The van der Waals surface area contributed by atoms with Gasteiger partial charge in [0.2, 0.25) is 0 Å². The number of carbonyl (C=O) groups excluding carboxylic acids is 1. The van der Waals surface area contributed by atoms with Gasteiger partial charge in [0.05, 0.1) is 0 Å². The van der Waals surface area contributed by atoms with Crippen molar-refractivity contribution in [3.8, 4) is 0 Å². The summed E-state index contributed by atoms with van der Waals surface area (Å²) in [5.74, 6) is 0. The van der Waals surface area contributed by atoms with Crippen molar-refractivity contribution in [2.24, 2.45) is 0 Å². The second-order valence-corrected chi connectivity index (χ2v) is 6.58. The van der Waals surface area contributed by atoms with Crippen LogP contribution in [0.4, 0.5) is 4.79 Å². The van der Waals surface area contributed by atoms with Crippen LogP contribution in [0, 0.1) is 0 Å². The van der Waals surface area contributed by atoms with Crippen LogP contribution in [0.15, 0.2) is 24.5 Å². The summed E-state index contributed by atoms with van der Waals surface area (Å²) in [4.78, 5) is 19.2. The van der Waals surface area contributed by atoms with E-state index in [-0.39, 0.29) is 12.1 Å². The van der Waals surface area contributed by atoms with Crippen molar-refractivity contribution < 1.29 is 9.53 Å². The quantitative estimate of drug-likeness (QED) is 0.765. The van der Waals surface area contributed by atoms with Gasteiger partial charge < -0.3 is 20.4 Å². The van der Waals surface area contributed by atoms with Crippen LogP contribution in [0.2, 0.25) is 0 Å². The number of fused-ring (bicyclic) bond motifs is 1. The van der Waals surface area contributed by atoms with Gasteiger partial charge in [0.15, 0.2) is 0 Å². The highest BCUT2D eigenvalue weighted by atomic mass is 16.6. The SMILES string of the molecule is CCC(CNC(=O)OC(C)(C)C)NCc1c[nH]c2ncccc12. The molecular weight excluding hydrogens is 292 g/mol. The molecule has 0 saturated heterocycles. The number of ether oxygens (including phenoxy) is 1. The van der Waals surface area contributed by atoms with Gasteiger partial charge in [-0.1, -0.05) is 6.92 Å². The summed E-state index contributed by atoms with van der Waals surface area (Å²) >= 11 is 0. The molecule has 1 amide bonds. The van der Waals surface area contributed by atoms with Crippen molar-refractivity contribution in [2.45, 2.75) is 52.3 Å².